The fourth-order valence-electron chi connectivity index (χ4n) is 2.02. The lowest BCUT2D eigenvalue weighted by Gasteiger charge is -2.17. The summed E-state index contributed by atoms with van der Waals surface area (Å²) < 4.78 is 18.5. The van der Waals surface area contributed by atoms with Gasteiger partial charge < -0.3 is 10.1 Å². The molecule has 0 heterocycles. The molecule has 118 valence electrons. The van der Waals surface area contributed by atoms with Gasteiger partial charge in [-0.05, 0) is 48.4 Å². The van der Waals surface area contributed by atoms with Crippen LogP contribution in [0.3, 0.4) is 0 Å². The van der Waals surface area contributed by atoms with Crippen molar-refractivity contribution in [1.82, 2.24) is 0 Å². The Morgan fingerprint density at radius 3 is 2.43 bits per heavy atom. The lowest BCUT2D eigenvalue weighted by molar-refractivity contribution is -0.122. The van der Waals surface area contributed by atoms with Crippen LogP contribution in [0.25, 0.3) is 0 Å². The summed E-state index contributed by atoms with van der Waals surface area (Å²) in [4.78, 5) is 12.3. The number of nitrogens with one attached hydrogen (secondary N) is 1. The van der Waals surface area contributed by atoms with E-state index in [4.69, 9.17) is 10.00 Å². The lowest BCUT2D eigenvalue weighted by atomic mass is 10.1. The van der Waals surface area contributed by atoms with Crippen LogP contribution in [0.2, 0.25) is 0 Å². The highest BCUT2D eigenvalue weighted by atomic mass is 19.1. The number of carbonyl (C=O) groups is 1. The summed E-state index contributed by atoms with van der Waals surface area (Å²) in [6, 6.07) is 14.7. The van der Waals surface area contributed by atoms with Gasteiger partial charge in [-0.25, -0.2) is 4.39 Å². The molecule has 0 unspecified atom stereocenters. The second-order valence-corrected chi connectivity index (χ2v) is 4.99. The third kappa shape index (κ3) is 4.82. The maximum Gasteiger partial charge on any atom is 0.265 e. The first kappa shape index (κ1) is 16.5. The lowest BCUT2D eigenvalue weighted by Crippen LogP contribution is -2.32. The van der Waals surface area contributed by atoms with Gasteiger partial charge in [0, 0.05) is 5.69 Å². The topological polar surface area (TPSA) is 62.1 Å². The van der Waals surface area contributed by atoms with Crippen molar-refractivity contribution in [3.05, 3.63) is 59.9 Å². The second kappa shape index (κ2) is 7.95. The number of hydrogen-bond acceptors (Lipinski definition) is 3. The molecule has 0 saturated heterocycles. The summed E-state index contributed by atoms with van der Waals surface area (Å²) in [5.74, 6) is -0.185. The third-order valence-electron chi connectivity index (χ3n) is 3.26. The zero-order chi connectivity index (χ0) is 16.7. The summed E-state index contributed by atoms with van der Waals surface area (Å²) in [7, 11) is 0. The van der Waals surface area contributed by atoms with Gasteiger partial charge >= 0.3 is 0 Å². The number of ether oxygens (including phenoxy) is 1. The number of nitriles is 1. The van der Waals surface area contributed by atoms with Crippen LogP contribution in [0.5, 0.6) is 5.75 Å². The van der Waals surface area contributed by atoms with Crippen LogP contribution in [-0.4, -0.2) is 12.0 Å². The summed E-state index contributed by atoms with van der Waals surface area (Å²) in [6.07, 6.45) is 0.147. The number of nitrogens with zero attached hydrogens (tertiary/aromatic N) is 1. The Morgan fingerprint density at radius 1 is 1.22 bits per heavy atom. The average molecular weight is 312 g/mol. The Bertz CT molecular complexity index is 690. The Kier molecular flexibility index (Phi) is 5.70. The molecule has 1 atom stereocenters. The molecule has 0 spiro atoms. The van der Waals surface area contributed by atoms with Gasteiger partial charge in [-0.3, -0.25) is 4.79 Å². The van der Waals surface area contributed by atoms with Gasteiger partial charge in [0.2, 0.25) is 0 Å². The second-order valence-electron chi connectivity index (χ2n) is 4.99. The summed E-state index contributed by atoms with van der Waals surface area (Å²) >= 11 is 0. The molecule has 1 amide bonds. The van der Waals surface area contributed by atoms with Crippen molar-refractivity contribution in [2.75, 3.05) is 5.32 Å². The predicted molar refractivity (Wildman–Crippen MR) is 85.5 cm³/mol. The standard InChI is InChI=1S/C18H17FN2O2/c1-2-17(23-16-9-5-14(19)6-10-16)18(22)21-15-7-3-13(4-8-15)11-12-20/h3-10,17H,2,11H2,1H3,(H,21,22)/t17-/m0/s1. The van der Waals surface area contributed by atoms with Gasteiger partial charge in [-0.15, -0.1) is 0 Å². The first-order valence-corrected chi connectivity index (χ1v) is 7.31. The highest BCUT2D eigenvalue weighted by molar-refractivity contribution is 5.94. The van der Waals surface area contributed by atoms with Gasteiger partial charge in [0.25, 0.3) is 5.91 Å². The van der Waals surface area contributed by atoms with Gasteiger partial charge in [0.05, 0.1) is 12.5 Å². The van der Waals surface area contributed by atoms with Crippen molar-refractivity contribution in [2.24, 2.45) is 0 Å². The zero-order valence-electron chi connectivity index (χ0n) is 12.8. The Balaban J connectivity index is 1.99. The molecule has 0 radical (unpaired) electrons. The van der Waals surface area contributed by atoms with Gasteiger partial charge in [0.15, 0.2) is 6.10 Å². The van der Waals surface area contributed by atoms with E-state index >= 15 is 0 Å². The first-order valence-electron chi connectivity index (χ1n) is 7.31. The van der Waals surface area contributed by atoms with Crippen molar-refractivity contribution in [3.63, 3.8) is 0 Å². The van der Waals surface area contributed by atoms with Crippen LogP contribution in [0, 0.1) is 17.1 Å². The molecular weight excluding hydrogens is 295 g/mol. The minimum atomic E-state index is -0.667. The number of benzene rings is 2. The number of rotatable bonds is 6. The normalized spacial score (nSPS) is 11.3. The summed E-state index contributed by atoms with van der Waals surface area (Å²) in [5.41, 5.74) is 1.53. The molecule has 0 aliphatic heterocycles. The van der Waals surface area contributed by atoms with E-state index in [1.54, 1.807) is 24.3 Å². The van der Waals surface area contributed by atoms with E-state index in [0.717, 1.165) is 5.56 Å². The van der Waals surface area contributed by atoms with Crippen LogP contribution in [-0.2, 0) is 11.2 Å². The van der Waals surface area contributed by atoms with Crippen LogP contribution in [0.1, 0.15) is 18.9 Å². The number of carbonyl (C=O) groups excluding carboxylic acids is 1. The van der Waals surface area contributed by atoms with Crippen LogP contribution >= 0.6 is 0 Å². The first-order chi connectivity index (χ1) is 11.1. The fourth-order valence-corrected chi connectivity index (χ4v) is 2.02. The molecule has 2 aromatic carbocycles. The molecule has 1 N–H and O–H groups in total. The number of hydrogen-bond donors (Lipinski definition) is 1. The molecule has 4 nitrogen and oxygen atoms in total. The molecule has 0 bridgehead atoms. The maximum absolute atomic E-state index is 12.9. The van der Waals surface area contributed by atoms with E-state index in [9.17, 15) is 9.18 Å². The Morgan fingerprint density at radius 2 is 1.87 bits per heavy atom. The van der Waals surface area contributed by atoms with Crippen LogP contribution in [0.15, 0.2) is 48.5 Å². The van der Waals surface area contributed by atoms with Crippen molar-refractivity contribution in [1.29, 1.82) is 5.26 Å². The SMILES string of the molecule is CC[C@H](Oc1ccc(F)cc1)C(=O)Nc1ccc(CC#N)cc1. The largest absolute Gasteiger partial charge is 0.481 e. The van der Waals surface area contributed by atoms with Crippen molar-refractivity contribution in [2.45, 2.75) is 25.9 Å². The van der Waals surface area contributed by atoms with E-state index in [2.05, 4.69) is 11.4 Å². The van der Waals surface area contributed by atoms with Crippen molar-refractivity contribution in [3.8, 4) is 11.8 Å². The molecule has 0 aliphatic carbocycles. The minimum absolute atomic E-state index is 0.273. The fraction of sp³-hybridized carbons (Fsp3) is 0.222. The monoisotopic (exact) mass is 312 g/mol. The maximum atomic E-state index is 12.9. The third-order valence-corrected chi connectivity index (χ3v) is 3.26. The number of anilines is 1. The molecule has 0 aliphatic rings. The molecule has 2 rings (SSSR count). The van der Waals surface area contributed by atoms with Gasteiger partial charge in [-0.1, -0.05) is 19.1 Å². The summed E-state index contributed by atoms with van der Waals surface area (Å²) in [5, 5.41) is 11.4. The molecular formula is C18H17FN2O2. The van der Waals surface area contributed by atoms with Crippen LogP contribution < -0.4 is 10.1 Å². The number of halogens is 1. The molecule has 2 aromatic rings. The van der Waals surface area contributed by atoms with E-state index in [1.165, 1.54) is 24.3 Å². The Labute approximate surface area is 134 Å². The van der Waals surface area contributed by atoms with Crippen molar-refractivity contribution >= 4 is 11.6 Å². The Hall–Kier alpha value is -2.87. The van der Waals surface area contributed by atoms with Crippen LogP contribution in [0.4, 0.5) is 10.1 Å². The quantitative estimate of drug-likeness (QED) is 0.885. The molecule has 0 aromatic heterocycles. The number of amides is 1. The zero-order valence-corrected chi connectivity index (χ0v) is 12.8. The highest BCUT2D eigenvalue weighted by Gasteiger charge is 2.18. The molecule has 5 heteroatoms. The van der Waals surface area contributed by atoms with E-state index in [1.807, 2.05) is 6.92 Å². The molecule has 0 fully saturated rings. The van der Waals surface area contributed by atoms with Gasteiger partial charge in [0.1, 0.15) is 11.6 Å². The van der Waals surface area contributed by atoms with E-state index in [-0.39, 0.29) is 11.7 Å². The van der Waals surface area contributed by atoms with E-state index in [0.29, 0.717) is 24.3 Å². The van der Waals surface area contributed by atoms with Crippen molar-refractivity contribution < 1.29 is 13.9 Å². The smallest absolute Gasteiger partial charge is 0.265 e. The minimum Gasteiger partial charge on any atom is -0.481 e. The molecule has 23 heavy (non-hydrogen) atoms. The van der Waals surface area contributed by atoms with Gasteiger partial charge in [-0.2, -0.15) is 5.26 Å². The molecule has 0 saturated carbocycles. The summed E-state index contributed by atoms with van der Waals surface area (Å²) in [6.45, 7) is 1.84. The highest BCUT2D eigenvalue weighted by Crippen LogP contribution is 2.16. The predicted octanol–water partition coefficient (Wildman–Crippen LogP) is 3.69. The van der Waals surface area contributed by atoms with E-state index < -0.39 is 6.10 Å². The average Bonchev–Trinajstić information content (AvgIpc) is 2.56.